The Balaban J connectivity index is 1.73. The summed E-state index contributed by atoms with van der Waals surface area (Å²) in [6.45, 7) is 4.17. The Labute approximate surface area is 127 Å². The molecule has 1 aliphatic heterocycles. The van der Waals surface area contributed by atoms with Gasteiger partial charge in [-0.3, -0.25) is 9.48 Å². The van der Waals surface area contributed by atoms with Crippen LogP contribution in [0.25, 0.3) is 0 Å². The minimum atomic E-state index is 0.198. The number of aryl methyl sites for hydroxylation is 1. The summed E-state index contributed by atoms with van der Waals surface area (Å²) in [6.07, 6.45) is 3.47. The number of thiophene rings is 1. The van der Waals surface area contributed by atoms with E-state index in [4.69, 9.17) is 0 Å². The number of Topliss-reactive ketones (excluding diaryl/α,β-unsaturated/α-hetero) is 1. The van der Waals surface area contributed by atoms with Crippen LogP contribution in [0.2, 0.25) is 0 Å². The molecule has 106 valence electrons. The molecule has 0 aliphatic carbocycles. The van der Waals surface area contributed by atoms with Crippen molar-refractivity contribution >= 4 is 28.9 Å². The molecule has 1 aliphatic rings. The summed E-state index contributed by atoms with van der Waals surface area (Å²) in [5.74, 6) is 2.43. The molecule has 2 aromatic rings. The van der Waals surface area contributed by atoms with Crippen molar-refractivity contribution in [1.29, 1.82) is 0 Å². The van der Waals surface area contributed by atoms with Gasteiger partial charge in [-0.1, -0.05) is 0 Å². The number of carbonyl (C=O) groups excluding carboxylic acids is 1. The standard InChI is InChI=1S/C15H18N2OS2/c1-10(2)17-5-3-12(16-17)8-13(18)15-7-11-9-19-6-4-14(11)20-15/h3,5,7,10H,4,6,8-9H2,1-2H3. The van der Waals surface area contributed by atoms with Crippen molar-refractivity contribution in [2.24, 2.45) is 0 Å². The fourth-order valence-electron chi connectivity index (χ4n) is 2.30. The quantitative estimate of drug-likeness (QED) is 0.807. The number of hydrogen-bond donors (Lipinski definition) is 0. The third kappa shape index (κ3) is 2.83. The summed E-state index contributed by atoms with van der Waals surface area (Å²) >= 11 is 3.63. The molecule has 0 N–H and O–H groups in total. The highest BCUT2D eigenvalue weighted by Crippen LogP contribution is 2.32. The van der Waals surface area contributed by atoms with E-state index in [-0.39, 0.29) is 5.78 Å². The van der Waals surface area contributed by atoms with Gasteiger partial charge < -0.3 is 0 Å². The van der Waals surface area contributed by atoms with Crippen LogP contribution >= 0.6 is 23.1 Å². The van der Waals surface area contributed by atoms with Crippen LogP contribution in [-0.4, -0.2) is 21.3 Å². The lowest BCUT2D eigenvalue weighted by Gasteiger charge is -2.08. The molecular weight excluding hydrogens is 288 g/mol. The lowest BCUT2D eigenvalue weighted by atomic mass is 10.1. The average Bonchev–Trinajstić information content (AvgIpc) is 3.04. The van der Waals surface area contributed by atoms with Gasteiger partial charge >= 0.3 is 0 Å². The summed E-state index contributed by atoms with van der Waals surface area (Å²) in [5.41, 5.74) is 2.23. The third-order valence-corrected chi connectivity index (χ3v) is 5.72. The molecule has 0 saturated heterocycles. The van der Waals surface area contributed by atoms with Crippen molar-refractivity contribution in [3.05, 3.63) is 39.3 Å². The van der Waals surface area contributed by atoms with Gasteiger partial charge in [0.25, 0.3) is 0 Å². The van der Waals surface area contributed by atoms with E-state index in [1.807, 2.05) is 28.7 Å². The van der Waals surface area contributed by atoms with Gasteiger partial charge in [-0.25, -0.2) is 0 Å². The van der Waals surface area contributed by atoms with Crippen molar-refractivity contribution in [2.75, 3.05) is 5.75 Å². The maximum absolute atomic E-state index is 12.4. The van der Waals surface area contributed by atoms with Crippen LogP contribution in [0.4, 0.5) is 0 Å². The number of thioether (sulfide) groups is 1. The second kappa shape index (κ2) is 5.74. The van der Waals surface area contributed by atoms with E-state index in [1.54, 1.807) is 11.3 Å². The smallest absolute Gasteiger partial charge is 0.178 e. The number of hydrogen-bond acceptors (Lipinski definition) is 4. The molecule has 0 fully saturated rings. The van der Waals surface area contributed by atoms with E-state index in [0.717, 1.165) is 22.7 Å². The number of nitrogens with zero attached hydrogens (tertiary/aromatic N) is 2. The summed E-state index contributed by atoms with van der Waals surface area (Å²) in [7, 11) is 0. The first-order valence-corrected chi connectivity index (χ1v) is 8.87. The Morgan fingerprint density at radius 2 is 2.35 bits per heavy atom. The van der Waals surface area contributed by atoms with Crippen molar-refractivity contribution in [2.45, 2.75) is 38.5 Å². The maximum Gasteiger partial charge on any atom is 0.178 e. The summed E-state index contributed by atoms with van der Waals surface area (Å²) in [4.78, 5) is 14.7. The van der Waals surface area contributed by atoms with Crippen molar-refractivity contribution in [3.8, 4) is 0 Å². The van der Waals surface area contributed by atoms with Crippen LogP contribution < -0.4 is 0 Å². The lowest BCUT2D eigenvalue weighted by molar-refractivity contribution is 0.0995. The van der Waals surface area contributed by atoms with Crippen LogP contribution in [0, 0.1) is 0 Å². The molecule has 3 nitrogen and oxygen atoms in total. The van der Waals surface area contributed by atoms with Gasteiger partial charge in [-0.05, 0) is 43.7 Å². The highest BCUT2D eigenvalue weighted by molar-refractivity contribution is 7.98. The minimum absolute atomic E-state index is 0.198. The monoisotopic (exact) mass is 306 g/mol. The van der Waals surface area contributed by atoms with Gasteiger partial charge in [-0.15, -0.1) is 11.3 Å². The normalized spacial score (nSPS) is 14.6. The number of ketones is 1. The summed E-state index contributed by atoms with van der Waals surface area (Å²) in [5, 5.41) is 4.45. The molecule has 3 heterocycles. The Morgan fingerprint density at radius 3 is 3.05 bits per heavy atom. The number of carbonyl (C=O) groups is 1. The molecule has 0 bridgehead atoms. The SMILES string of the molecule is CC(C)n1ccc(CC(=O)c2cc3c(s2)CCSC3)n1. The zero-order valence-corrected chi connectivity index (χ0v) is 13.4. The zero-order chi connectivity index (χ0) is 14.1. The second-order valence-electron chi connectivity index (χ2n) is 5.34. The molecule has 2 aromatic heterocycles. The minimum Gasteiger partial charge on any atom is -0.293 e. The fourth-order valence-corrected chi connectivity index (χ4v) is 4.61. The van der Waals surface area contributed by atoms with Crippen LogP contribution in [0.1, 0.15) is 45.7 Å². The average molecular weight is 306 g/mol. The van der Waals surface area contributed by atoms with E-state index in [9.17, 15) is 4.79 Å². The molecular formula is C15H18N2OS2. The Hall–Kier alpha value is -1.07. The van der Waals surface area contributed by atoms with Crippen molar-refractivity contribution < 1.29 is 4.79 Å². The van der Waals surface area contributed by atoms with Crippen molar-refractivity contribution in [3.63, 3.8) is 0 Å². The Kier molecular flexibility index (Phi) is 3.98. The number of aromatic nitrogens is 2. The highest BCUT2D eigenvalue weighted by atomic mass is 32.2. The molecule has 3 rings (SSSR count). The van der Waals surface area contributed by atoms with E-state index in [0.29, 0.717) is 12.5 Å². The van der Waals surface area contributed by atoms with Crippen molar-refractivity contribution in [1.82, 2.24) is 9.78 Å². The van der Waals surface area contributed by atoms with Gasteiger partial charge in [0.1, 0.15) is 0 Å². The van der Waals surface area contributed by atoms with Crippen LogP contribution in [0.3, 0.4) is 0 Å². The number of fused-ring (bicyclic) bond motifs is 1. The maximum atomic E-state index is 12.4. The summed E-state index contributed by atoms with van der Waals surface area (Å²) in [6, 6.07) is 4.37. The van der Waals surface area contributed by atoms with Gasteiger partial charge in [0.2, 0.25) is 0 Å². The molecule has 5 heteroatoms. The highest BCUT2D eigenvalue weighted by Gasteiger charge is 2.18. The molecule has 0 atom stereocenters. The van der Waals surface area contributed by atoms with Gasteiger partial charge in [0.05, 0.1) is 17.0 Å². The zero-order valence-electron chi connectivity index (χ0n) is 11.8. The fraction of sp³-hybridized carbons (Fsp3) is 0.467. The van der Waals surface area contributed by atoms with Gasteiger partial charge in [0.15, 0.2) is 5.78 Å². The van der Waals surface area contributed by atoms with Gasteiger partial charge in [-0.2, -0.15) is 16.9 Å². The molecule has 0 unspecified atom stereocenters. The van der Waals surface area contributed by atoms with E-state index in [1.165, 1.54) is 16.2 Å². The molecule has 0 amide bonds. The molecule has 20 heavy (non-hydrogen) atoms. The van der Waals surface area contributed by atoms with E-state index >= 15 is 0 Å². The predicted octanol–water partition coefficient (Wildman–Crippen LogP) is 3.74. The Morgan fingerprint density at radius 1 is 1.50 bits per heavy atom. The topological polar surface area (TPSA) is 34.9 Å². The lowest BCUT2D eigenvalue weighted by Crippen LogP contribution is -2.05. The van der Waals surface area contributed by atoms with E-state index < -0.39 is 0 Å². The van der Waals surface area contributed by atoms with Crippen LogP contribution in [0.5, 0.6) is 0 Å². The van der Waals surface area contributed by atoms with Gasteiger partial charge in [0, 0.05) is 22.9 Å². The second-order valence-corrected chi connectivity index (χ2v) is 7.58. The number of rotatable bonds is 4. The molecule has 0 aromatic carbocycles. The first kappa shape index (κ1) is 13.9. The first-order chi connectivity index (χ1) is 9.63. The van der Waals surface area contributed by atoms with E-state index in [2.05, 4.69) is 25.0 Å². The third-order valence-electron chi connectivity index (χ3n) is 3.44. The predicted molar refractivity (Wildman–Crippen MR) is 84.8 cm³/mol. The van der Waals surface area contributed by atoms with Crippen LogP contribution in [-0.2, 0) is 18.6 Å². The first-order valence-electron chi connectivity index (χ1n) is 6.90. The van der Waals surface area contributed by atoms with Crippen LogP contribution in [0.15, 0.2) is 18.3 Å². The largest absolute Gasteiger partial charge is 0.293 e. The molecule has 0 radical (unpaired) electrons. The molecule has 0 spiro atoms. The molecule has 0 saturated carbocycles. The Bertz CT molecular complexity index is 604. The summed E-state index contributed by atoms with van der Waals surface area (Å²) < 4.78 is 1.90.